The van der Waals surface area contributed by atoms with Gasteiger partial charge in [-0.1, -0.05) is 0 Å². The molecule has 1 rings (SSSR count). The van der Waals surface area contributed by atoms with Gasteiger partial charge in [0.25, 0.3) is 5.91 Å². The molecule has 4 nitrogen and oxygen atoms in total. The number of rotatable bonds is 6. The number of hydrogen-bond acceptors (Lipinski definition) is 3. The Labute approximate surface area is 90.3 Å². The first-order chi connectivity index (χ1) is 7.20. The molecule has 1 aromatic heterocycles. The van der Waals surface area contributed by atoms with Crippen LogP contribution in [0.4, 0.5) is 0 Å². The summed E-state index contributed by atoms with van der Waals surface area (Å²) in [6, 6.07) is 1.66. The predicted octanol–water partition coefficient (Wildman–Crippen LogP) is 1.35. The Morgan fingerprint density at radius 1 is 1.47 bits per heavy atom. The van der Waals surface area contributed by atoms with E-state index >= 15 is 0 Å². The van der Waals surface area contributed by atoms with Crippen LogP contribution in [0.15, 0.2) is 23.0 Å². The molecule has 0 atom stereocenters. The van der Waals surface area contributed by atoms with E-state index in [1.165, 1.54) is 12.5 Å². The van der Waals surface area contributed by atoms with Crippen LogP contribution in [-0.2, 0) is 0 Å². The van der Waals surface area contributed by atoms with Gasteiger partial charge in [-0.05, 0) is 39.5 Å². The van der Waals surface area contributed by atoms with Crippen LogP contribution in [0.3, 0.4) is 0 Å². The van der Waals surface area contributed by atoms with E-state index in [1.54, 1.807) is 6.07 Å². The van der Waals surface area contributed by atoms with Crippen molar-refractivity contribution in [2.24, 2.45) is 0 Å². The third-order valence-corrected chi connectivity index (χ3v) is 2.10. The number of amides is 1. The summed E-state index contributed by atoms with van der Waals surface area (Å²) < 4.78 is 4.83. The number of carbonyl (C=O) groups is 1. The van der Waals surface area contributed by atoms with Crippen molar-refractivity contribution >= 4 is 5.91 Å². The number of carbonyl (C=O) groups excluding carboxylic acids is 1. The fourth-order valence-corrected chi connectivity index (χ4v) is 1.25. The SMILES string of the molecule is CN(C)CCCCNC(=O)c1ccoc1. The number of hydrogen-bond donors (Lipinski definition) is 1. The number of furan rings is 1. The summed E-state index contributed by atoms with van der Waals surface area (Å²) >= 11 is 0. The van der Waals surface area contributed by atoms with Crippen LogP contribution >= 0.6 is 0 Å². The van der Waals surface area contributed by atoms with Crippen LogP contribution in [0.1, 0.15) is 23.2 Å². The molecule has 0 aliphatic rings. The van der Waals surface area contributed by atoms with Crippen molar-refractivity contribution in [1.82, 2.24) is 10.2 Å². The number of nitrogens with zero attached hydrogens (tertiary/aromatic N) is 1. The molecule has 1 aromatic rings. The molecule has 4 heteroatoms. The van der Waals surface area contributed by atoms with E-state index in [2.05, 4.69) is 10.2 Å². The topological polar surface area (TPSA) is 45.5 Å². The minimum absolute atomic E-state index is 0.0615. The molecule has 1 heterocycles. The third kappa shape index (κ3) is 4.65. The fraction of sp³-hybridized carbons (Fsp3) is 0.545. The van der Waals surface area contributed by atoms with Crippen LogP contribution in [-0.4, -0.2) is 38.0 Å². The first kappa shape index (κ1) is 11.8. The lowest BCUT2D eigenvalue weighted by Gasteiger charge is -2.08. The summed E-state index contributed by atoms with van der Waals surface area (Å²) in [6.07, 6.45) is 5.05. The van der Waals surface area contributed by atoms with Crippen LogP contribution in [0.5, 0.6) is 0 Å². The first-order valence-electron chi connectivity index (χ1n) is 5.15. The summed E-state index contributed by atoms with van der Waals surface area (Å²) in [5, 5.41) is 2.84. The molecule has 15 heavy (non-hydrogen) atoms. The van der Waals surface area contributed by atoms with Crippen molar-refractivity contribution in [3.8, 4) is 0 Å². The summed E-state index contributed by atoms with van der Waals surface area (Å²) in [7, 11) is 4.09. The largest absolute Gasteiger partial charge is 0.472 e. The van der Waals surface area contributed by atoms with E-state index in [1.807, 2.05) is 14.1 Å². The molecule has 0 saturated heterocycles. The average Bonchev–Trinajstić information content (AvgIpc) is 2.69. The van der Waals surface area contributed by atoms with Crippen LogP contribution < -0.4 is 5.32 Å². The Morgan fingerprint density at radius 3 is 2.87 bits per heavy atom. The van der Waals surface area contributed by atoms with Gasteiger partial charge < -0.3 is 14.6 Å². The highest BCUT2D eigenvalue weighted by Gasteiger charge is 2.04. The summed E-state index contributed by atoms with van der Waals surface area (Å²) in [5.41, 5.74) is 0.586. The summed E-state index contributed by atoms with van der Waals surface area (Å²) in [4.78, 5) is 13.6. The smallest absolute Gasteiger partial charge is 0.254 e. The van der Waals surface area contributed by atoms with Gasteiger partial charge in [-0.15, -0.1) is 0 Å². The molecule has 0 radical (unpaired) electrons. The molecule has 0 aliphatic heterocycles. The molecule has 0 spiro atoms. The van der Waals surface area contributed by atoms with Gasteiger partial charge in [0.15, 0.2) is 0 Å². The van der Waals surface area contributed by atoms with Crippen LogP contribution in [0.2, 0.25) is 0 Å². The minimum Gasteiger partial charge on any atom is -0.472 e. The Morgan fingerprint density at radius 2 is 2.27 bits per heavy atom. The van der Waals surface area contributed by atoms with Crippen molar-refractivity contribution in [2.75, 3.05) is 27.2 Å². The highest BCUT2D eigenvalue weighted by molar-refractivity contribution is 5.93. The van der Waals surface area contributed by atoms with Gasteiger partial charge in [-0.2, -0.15) is 0 Å². The zero-order chi connectivity index (χ0) is 11.1. The Hall–Kier alpha value is -1.29. The maximum atomic E-state index is 11.4. The molecule has 0 aliphatic carbocycles. The highest BCUT2D eigenvalue weighted by Crippen LogP contribution is 1.99. The highest BCUT2D eigenvalue weighted by atomic mass is 16.3. The van der Waals surface area contributed by atoms with Crippen molar-refractivity contribution in [1.29, 1.82) is 0 Å². The van der Waals surface area contributed by atoms with Crippen molar-refractivity contribution in [3.63, 3.8) is 0 Å². The van der Waals surface area contributed by atoms with Gasteiger partial charge >= 0.3 is 0 Å². The number of nitrogens with one attached hydrogen (secondary N) is 1. The molecule has 84 valence electrons. The van der Waals surface area contributed by atoms with E-state index < -0.39 is 0 Å². The van der Waals surface area contributed by atoms with Crippen molar-refractivity contribution in [2.45, 2.75) is 12.8 Å². The van der Waals surface area contributed by atoms with E-state index in [0.717, 1.165) is 25.9 Å². The monoisotopic (exact) mass is 210 g/mol. The van der Waals surface area contributed by atoms with Crippen molar-refractivity contribution in [3.05, 3.63) is 24.2 Å². The maximum Gasteiger partial charge on any atom is 0.254 e. The second kappa shape index (κ2) is 6.24. The summed E-state index contributed by atoms with van der Waals surface area (Å²) in [6.45, 7) is 1.78. The second-order valence-electron chi connectivity index (χ2n) is 3.78. The molecule has 0 saturated carbocycles. The Balaban J connectivity index is 2.08. The Bertz CT molecular complexity index is 281. The molecular formula is C11H18N2O2. The lowest BCUT2D eigenvalue weighted by Crippen LogP contribution is -2.24. The summed E-state index contributed by atoms with van der Waals surface area (Å²) in [5.74, 6) is -0.0615. The van der Waals surface area contributed by atoms with Gasteiger partial charge in [0.1, 0.15) is 6.26 Å². The fourth-order valence-electron chi connectivity index (χ4n) is 1.25. The zero-order valence-electron chi connectivity index (χ0n) is 9.32. The van der Waals surface area contributed by atoms with Gasteiger partial charge in [0.05, 0.1) is 11.8 Å². The van der Waals surface area contributed by atoms with E-state index in [0.29, 0.717) is 5.56 Å². The Kier molecular flexibility index (Phi) is 4.90. The quantitative estimate of drug-likeness (QED) is 0.721. The molecule has 1 N–H and O–H groups in total. The molecule has 1 amide bonds. The van der Waals surface area contributed by atoms with Gasteiger partial charge in [0, 0.05) is 6.54 Å². The predicted molar refractivity (Wildman–Crippen MR) is 58.8 cm³/mol. The molecule has 0 fully saturated rings. The van der Waals surface area contributed by atoms with Crippen LogP contribution in [0, 0.1) is 0 Å². The molecular weight excluding hydrogens is 192 g/mol. The van der Waals surface area contributed by atoms with Gasteiger partial charge in [0.2, 0.25) is 0 Å². The third-order valence-electron chi connectivity index (χ3n) is 2.10. The van der Waals surface area contributed by atoms with E-state index in [4.69, 9.17) is 4.42 Å². The van der Waals surface area contributed by atoms with Crippen LogP contribution in [0.25, 0.3) is 0 Å². The molecule has 0 aromatic carbocycles. The average molecular weight is 210 g/mol. The van der Waals surface area contributed by atoms with Crippen molar-refractivity contribution < 1.29 is 9.21 Å². The minimum atomic E-state index is -0.0615. The normalized spacial score (nSPS) is 10.6. The van der Waals surface area contributed by atoms with E-state index in [9.17, 15) is 4.79 Å². The lowest BCUT2D eigenvalue weighted by molar-refractivity contribution is 0.0952. The standard InChI is InChI=1S/C11H18N2O2/c1-13(2)7-4-3-6-12-11(14)10-5-8-15-9-10/h5,8-9H,3-4,6-7H2,1-2H3,(H,12,14). The van der Waals surface area contributed by atoms with Gasteiger partial charge in [-0.25, -0.2) is 0 Å². The first-order valence-corrected chi connectivity index (χ1v) is 5.15. The molecule has 0 bridgehead atoms. The maximum absolute atomic E-state index is 11.4. The zero-order valence-corrected chi connectivity index (χ0v) is 9.32. The number of unbranched alkanes of at least 4 members (excludes halogenated alkanes) is 1. The lowest BCUT2D eigenvalue weighted by atomic mass is 10.3. The molecule has 0 unspecified atom stereocenters. The second-order valence-corrected chi connectivity index (χ2v) is 3.78. The van der Waals surface area contributed by atoms with Gasteiger partial charge in [-0.3, -0.25) is 4.79 Å². The van der Waals surface area contributed by atoms with E-state index in [-0.39, 0.29) is 5.91 Å².